The van der Waals surface area contributed by atoms with Crippen molar-refractivity contribution in [3.05, 3.63) is 47.5 Å². The molecule has 84 valence electrons. The van der Waals surface area contributed by atoms with Crippen LogP contribution in [0.15, 0.2) is 24.5 Å². The van der Waals surface area contributed by atoms with E-state index in [-0.39, 0.29) is 5.69 Å². The topological polar surface area (TPSA) is 40.7 Å². The summed E-state index contributed by atoms with van der Waals surface area (Å²) in [6.07, 6.45) is 1.58. The van der Waals surface area contributed by atoms with Gasteiger partial charge in [-0.05, 0) is 19.1 Å². The van der Waals surface area contributed by atoms with Crippen LogP contribution in [0, 0.1) is 18.6 Å². The van der Waals surface area contributed by atoms with Crippen molar-refractivity contribution in [2.24, 2.45) is 0 Å². The predicted molar refractivity (Wildman–Crippen MR) is 57.0 cm³/mol. The molecule has 0 bridgehead atoms. The number of benzene rings is 1. The fraction of sp³-hybridized carbons (Fsp3) is 0.182. The largest absolute Gasteiger partial charge is 0.377 e. The molecule has 2 aromatic rings. The van der Waals surface area contributed by atoms with Gasteiger partial charge in [-0.15, -0.1) is 0 Å². The first-order chi connectivity index (χ1) is 7.66. The average molecular weight is 223 g/mol. The molecule has 0 radical (unpaired) electrons. The second kappa shape index (κ2) is 4.30. The van der Waals surface area contributed by atoms with Crippen molar-refractivity contribution in [2.45, 2.75) is 13.5 Å². The molecule has 16 heavy (non-hydrogen) atoms. The van der Waals surface area contributed by atoms with E-state index in [0.717, 1.165) is 17.5 Å². The number of rotatable bonds is 3. The SMILES string of the molecule is Cc1[nH]cnc1CNc1ccc(F)cc1F. The lowest BCUT2D eigenvalue weighted by atomic mass is 10.2. The van der Waals surface area contributed by atoms with Crippen LogP contribution in [0.5, 0.6) is 0 Å². The number of nitrogens with one attached hydrogen (secondary N) is 2. The van der Waals surface area contributed by atoms with Crippen molar-refractivity contribution in [3.8, 4) is 0 Å². The molecule has 0 atom stereocenters. The third kappa shape index (κ3) is 2.18. The van der Waals surface area contributed by atoms with Crippen LogP contribution in [0.2, 0.25) is 0 Å². The second-order valence-electron chi connectivity index (χ2n) is 3.45. The number of aryl methyl sites for hydroxylation is 1. The number of imidazole rings is 1. The Morgan fingerprint density at radius 2 is 2.19 bits per heavy atom. The van der Waals surface area contributed by atoms with Crippen LogP contribution in [0.1, 0.15) is 11.4 Å². The molecule has 0 spiro atoms. The van der Waals surface area contributed by atoms with Crippen LogP contribution in [-0.2, 0) is 6.54 Å². The fourth-order valence-electron chi connectivity index (χ4n) is 1.38. The maximum atomic E-state index is 13.2. The summed E-state index contributed by atoms with van der Waals surface area (Å²) in [6, 6.07) is 3.43. The molecule has 0 saturated carbocycles. The monoisotopic (exact) mass is 223 g/mol. The fourth-order valence-corrected chi connectivity index (χ4v) is 1.38. The summed E-state index contributed by atoms with van der Waals surface area (Å²) in [4.78, 5) is 6.99. The normalized spacial score (nSPS) is 10.4. The van der Waals surface area contributed by atoms with Crippen molar-refractivity contribution in [2.75, 3.05) is 5.32 Å². The minimum absolute atomic E-state index is 0.267. The summed E-state index contributed by atoms with van der Waals surface area (Å²) in [7, 11) is 0. The predicted octanol–water partition coefficient (Wildman–Crippen LogP) is 2.61. The molecule has 1 aromatic heterocycles. The molecule has 1 aromatic carbocycles. The number of aromatic nitrogens is 2. The van der Waals surface area contributed by atoms with Gasteiger partial charge in [-0.2, -0.15) is 0 Å². The van der Waals surface area contributed by atoms with E-state index in [1.165, 1.54) is 12.1 Å². The van der Waals surface area contributed by atoms with E-state index in [0.29, 0.717) is 6.54 Å². The Hall–Kier alpha value is -1.91. The van der Waals surface area contributed by atoms with E-state index in [1.807, 2.05) is 6.92 Å². The number of halogens is 2. The molecule has 0 fully saturated rings. The van der Waals surface area contributed by atoms with Gasteiger partial charge in [-0.1, -0.05) is 0 Å². The zero-order valence-corrected chi connectivity index (χ0v) is 8.72. The van der Waals surface area contributed by atoms with Crippen molar-refractivity contribution < 1.29 is 8.78 Å². The lowest BCUT2D eigenvalue weighted by Gasteiger charge is -2.06. The average Bonchev–Trinajstić information content (AvgIpc) is 2.63. The molecule has 0 aliphatic carbocycles. The van der Waals surface area contributed by atoms with Crippen LogP contribution < -0.4 is 5.32 Å². The van der Waals surface area contributed by atoms with Gasteiger partial charge >= 0.3 is 0 Å². The molecule has 0 aliphatic heterocycles. The van der Waals surface area contributed by atoms with Crippen LogP contribution in [0.25, 0.3) is 0 Å². The first kappa shape index (κ1) is 10.6. The highest BCUT2D eigenvalue weighted by atomic mass is 19.1. The van der Waals surface area contributed by atoms with E-state index >= 15 is 0 Å². The number of hydrogen-bond donors (Lipinski definition) is 2. The lowest BCUT2D eigenvalue weighted by Crippen LogP contribution is -2.03. The Kier molecular flexibility index (Phi) is 2.85. The van der Waals surface area contributed by atoms with Gasteiger partial charge in [0.1, 0.15) is 11.6 Å². The van der Waals surface area contributed by atoms with E-state index in [4.69, 9.17) is 0 Å². The van der Waals surface area contributed by atoms with Gasteiger partial charge < -0.3 is 10.3 Å². The summed E-state index contributed by atoms with van der Waals surface area (Å²) in [5.41, 5.74) is 2.00. The number of hydrogen-bond acceptors (Lipinski definition) is 2. The van der Waals surface area contributed by atoms with Crippen molar-refractivity contribution in [1.29, 1.82) is 0 Å². The van der Waals surface area contributed by atoms with E-state index in [2.05, 4.69) is 15.3 Å². The van der Waals surface area contributed by atoms with Crippen molar-refractivity contribution >= 4 is 5.69 Å². The molecule has 2 N–H and O–H groups in total. The molecule has 2 rings (SSSR count). The van der Waals surface area contributed by atoms with Gasteiger partial charge in [0.25, 0.3) is 0 Å². The second-order valence-corrected chi connectivity index (χ2v) is 3.45. The third-order valence-electron chi connectivity index (χ3n) is 2.31. The number of anilines is 1. The summed E-state index contributed by atoms with van der Waals surface area (Å²) >= 11 is 0. The summed E-state index contributed by atoms with van der Waals surface area (Å²) < 4.78 is 25.9. The zero-order valence-electron chi connectivity index (χ0n) is 8.72. The Morgan fingerprint density at radius 3 is 2.81 bits per heavy atom. The molecule has 0 aliphatic rings. The van der Waals surface area contributed by atoms with Gasteiger partial charge in [0, 0.05) is 11.8 Å². The minimum atomic E-state index is -0.604. The van der Waals surface area contributed by atoms with Crippen LogP contribution >= 0.6 is 0 Å². The molecule has 3 nitrogen and oxygen atoms in total. The smallest absolute Gasteiger partial charge is 0.149 e. The molecule has 0 unspecified atom stereocenters. The summed E-state index contributed by atoms with van der Waals surface area (Å²) in [6.45, 7) is 2.28. The van der Waals surface area contributed by atoms with Gasteiger partial charge in [-0.25, -0.2) is 13.8 Å². The zero-order chi connectivity index (χ0) is 11.5. The Morgan fingerprint density at radius 1 is 1.38 bits per heavy atom. The van der Waals surface area contributed by atoms with Gasteiger partial charge in [-0.3, -0.25) is 0 Å². The Bertz CT molecular complexity index is 494. The van der Waals surface area contributed by atoms with E-state index in [1.54, 1.807) is 6.33 Å². The first-order valence-corrected chi connectivity index (χ1v) is 4.84. The standard InChI is InChI=1S/C11H11F2N3/c1-7-11(16-6-15-7)5-14-10-3-2-8(12)4-9(10)13/h2-4,6,14H,5H2,1H3,(H,15,16). The summed E-state index contributed by atoms with van der Waals surface area (Å²) in [5.74, 6) is -1.19. The summed E-state index contributed by atoms with van der Waals surface area (Å²) in [5, 5.41) is 2.86. The highest BCUT2D eigenvalue weighted by Crippen LogP contribution is 2.16. The molecule has 0 amide bonds. The van der Waals surface area contributed by atoms with E-state index < -0.39 is 11.6 Å². The van der Waals surface area contributed by atoms with Crippen LogP contribution in [0.3, 0.4) is 0 Å². The van der Waals surface area contributed by atoms with Gasteiger partial charge in [0.2, 0.25) is 0 Å². The van der Waals surface area contributed by atoms with Crippen molar-refractivity contribution in [3.63, 3.8) is 0 Å². The first-order valence-electron chi connectivity index (χ1n) is 4.84. The quantitative estimate of drug-likeness (QED) is 0.839. The molecule has 1 heterocycles. The number of nitrogens with zero attached hydrogens (tertiary/aromatic N) is 1. The number of H-pyrrole nitrogens is 1. The highest BCUT2D eigenvalue weighted by Gasteiger charge is 2.05. The van der Waals surface area contributed by atoms with Gasteiger partial charge in [0.05, 0.1) is 24.3 Å². The van der Waals surface area contributed by atoms with Gasteiger partial charge in [0.15, 0.2) is 0 Å². The maximum absolute atomic E-state index is 13.2. The molecular formula is C11H11F2N3. The third-order valence-corrected chi connectivity index (χ3v) is 2.31. The van der Waals surface area contributed by atoms with Crippen molar-refractivity contribution in [1.82, 2.24) is 9.97 Å². The van der Waals surface area contributed by atoms with Crippen LogP contribution in [0.4, 0.5) is 14.5 Å². The molecule has 5 heteroatoms. The van der Waals surface area contributed by atoms with E-state index in [9.17, 15) is 8.78 Å². The molecule has 0 saturated heterocycles. The highest BCUT2D eigenvalue weighted by molar-refractivity contribution is 5.45. The Labute approximate surface area is 91.5 Å². The maximum Gasteiger partial charge on any atom is 0.149 e. The minimum Gasteiger partial charge on any atom is -0.377 e. The lowest BCUT2D eigenvalue weighted by molar-refractivity contribution is 0.585. The molecular weight excluding hydrogens is 212 g/mol. The number of aromatic amines is 1. The van der Waals surface area contributed by atoms with Crippen LogP contribution in [-0.4, -0.2) is 9.97 Å². The Balaban J connectivity index is 2.08.